The Balaban J connectivity index is 1.34. The molecule has 1 saturated heterocycles. The van der Waals surface area contributed by atoms with Crippen molar-refractivity contribution < 1.29 is 14.2 Å². The van der Waals surface area contributed by atoms with Crippen molar-refractivity contribution in [1.29, 1.82) is 0 Å². The minimum atomic E-state index is -0.386. The molecule has 0 spiro atoms. The number of fused-ring (bicyclic) bond motifs is 2. The molecule has 0 saturated carbocycles. The predicted molar refractivity (Wildman–Crippen MR) is 137 cm³/mol. The van der Waals surface area contributed by atoms with Crippen LogP contribution >= 0.6 is 0 Å². The second-order valence-corrected chi connectivity index (χ2v) is 9.67. The standard InChI is InChI=1S/C27H30N6O4/c1-35-12-11-33-26(29-30-31-33)25(32-9-7-19(8-10-32)13-18-5-3-2-4-6-18)21-14-20-15-23-24(37-17-36-23)16-22(20)28-27(21)34/h2-6,14-16,19,25H,7-13,17H2,1H3,(H,28,34)/t25-/m1/s1. The summed E-state index contributed by atoms with van der Waals surface area (Å²) in [5.41, 5.74) is 2.52. The molecule has 37 heavy (non-hydrogen) atoms. The van der Waals surface area contributed by atoms with Crippen LogP contribution in [0, 0.1) is 5.92 Å². The van der Waals surface area contributed by atoms with Gasteiger partial charge in [0.2, 0.25) is 6.79 Å². The number of rotatable bonds is 8. The maximum atomic E-state index is 13.5. The summed E-state index contributed by atoms with van der Waals surface area (Å²) in [4.78, 5) is 18.9. The maximum absolute atomic E-state index is 13.5. The Kier molecular flexibility index (Phi) is 6.58. The van der Waals surface area contributed by atoms with Gasteiger partial charge in [-0.1, -0.05) is 30.3 Å². The lowest BCUT2D eigenvalue weighted by atomic mass is 9.89. The Hall–Kier alpha value is -3.76. The van der Waals surface area contributed by atoms with Gasteiger partial charge in [0.15, 0.2) is 17.3 Å². The number of likely N-dealkylation sites (tertiary alicyclic amines) is 1. The van der Waals surface area contributed by atoms with E-state index >= 15 is 0 Å². The first-order valence-corrected chi connectivity index (χ1v) is 12.7. The molecule has 4 heterocycles. The summed E-state index contributed by atoms with van der Waals surface area (Å²) >= 11 is 0. The van der Waals surface area contributed by atoms with Gasteiger partial charge in [-0.05, 0) is 66.4 Å². The van der Waals surface area contributed by atoms with Gasteiger partial charge < -0.3 is 19.2 Å². The average Bonchev–Trinajstić information content (AvgIpc) is 3.57. The highest BCUT2D eigenvalue weighted by Crippen LogP contribution is 2.37. The number of pyridine rings is 1. The molecule has 0 unspecified atom stereocenters. The van der Waals surface area contributed by atoms with Crippen molar-refractivity contribution in [3.05, 3.63) is 75.8 Å². The van der Waals surface area contributed by atoms with Gasteiger partial charge in [0.1, 0.15) is 6.04 Å². The van der Waals surface area contributed by atoms with E-state index in [-0.39, 0.29) is 18.4 Å². The molecule has 2 aliphatic heterocycles. The van der Waals surface area contributed by atoms with E-state index in [1.165, 1.54) is 5.56 Å². The van der Waals surface area contributed by atoms with Crippen LogP contribution < -0.4 is 15.0 Å². The van der Waals surface area contributed by atoms with Crippen molar-refractivity contribution in [2.45, 2.75) is 31.8 Å². The molecule has 6 rings (SSSR count). The van der Waals surface area contributed by atoms with E-state index in [1.54, 1.807) is 11.8 Å². The Morgan fingerprint density at radius 3 is 2.68 bits per heavy atom. The molecule has 1 fully saturated rings. The van der Waals surface area contributed by atoms with Crippen molar-refractivity contribution >= 4 is 10.9 Å². The molecule has 10 nitrogen and oxygen atoms in total. The number of hydrogen-bond acceptors (Lipinski definition) is 8. The number of aromatic nitrogens is 5. The first-order valence-electron chi connectivity index (χ1n) is 12.7. The summed E-state index contributed by atoms with van der Waals surface area (Å²) in [5, 5.41) is 13.4. The van der Waals surface area contributed by atoms with Gasteiger partial charge in [-0.2, -0.15) is 0 Å². The van der Waals surface area contributed by atoms with Gasteiger partial charge in [-0.15, -0.1) is 5.10 Å². The molecule has 0 radical (unpaired) electrons. The molecule has 0 amide bonds. The topological polar surface area (TPSA) is 107 Å². The molecule has 2 aromatic carbocycles. The number of aromatic amines is 1. The fraction of sp³-hybridized carbons (Fsp3) is 0.407. The molecule has 192 valence electrons. The first-order chi connectivity index (χ1) is 18.2. The molecule has 2 aromatic heterocycles. The molecular formula is C27H30N6O4. The van der Waals surface area contributed by atoms with Gasteiger partial charge >= 0.3 is 0 Å². The van der Waals surface area contributed by atoms with Crippen LogP contribution in [0.15, 0.2) is 53.3 Å². The Morgan fingerprint density at radius 1 is 1.11 bits per heavy atom. The van der Waals surface area contributed by atoms with Crippen molar-refractivity contribution in [3.8, 4) is 11.5 Å². The van der Waals surface area contributed by atoms with E-state index in [9.17, 15) is 4.79 Å². The third-order valence-electron chi connectivity index (χ3n) is 7.35. The monoisotopic (exact) mass is 502 g/mol. The number of ether oxygens (including phenoxy) is 3. The highest BCUT2D eigenvalue weighted by Gasteiger charge is 2.33. The van der Waals surface area contributed by atoms with Gasteiger partial charge in [0.25, 0.3) is 5.56 Å². The Labute approximate surface area is 214 Å². The summed E-state index contributed by atoms with van der Waals surface area (Å²) in [6.45, 7) is 2.85. The zero-order chi connectivity index (χ0) is 25.2. The molecule has 0 aliphatic carbocycles. The number of benzene rings is 2. The summed E-state index contributed by atoms with van der Waals surface area (Å²) in [5.74, 6) is 2.55. The van der Waals surface area contributed by atoms with Crippen LogP contribution in [0.5, 0.6) is 11.5 Å². The summed E-state index contributed by atoms with van der Waals surface area (Å²) in [6.07, 6.45) is 3.14. The number of nitrogens with one attached hydrogen (secondary N) is 1. The lowest BCUT2D eigenvalue weighted by Gasteiger charge is -2.37. The van der Waals surface area contributed by atoms with Crippen molar-refractivity contribution in [2.24, 2.45) is 5.92 Å². The van der Waals surface area contributed by atoms with E-state index in [1.807, 2.05) is 18.2 Å². The smallest absolute Gasteiger partial charge is 0.253 e. The summed E-state index contributed by atoms with van der Waals surface area (Å²) in [7, 11) is 1.65. The lowest BCUT2D eigenvalue weighted by molar-refractivity contribution is 0.138. The van der Waals surface area contributed by atoms with Crippen LogP contribution in [0.2, 0.25) is 0 Å². The average molecular weight is 503 g/mol. The fourth-order valence-electron chi connectivity index (χ4n) is 5.42. The van der Waals surface area contributed by atoms with E-state index in [2.05, 4.69) is 55.7 Å². The quantitative estimate of drug-likeness (QED) is 0.392. The van der Waals surface area contributed by atoms with E-state index in [0.717, 1.165) is 37.7 Å². The Bertz CT molecular complexity index is 1430. The predicted octanol–water partition coefficient (Wildman–Crippen LogP) is 2.93. The number of H-pyrrole nitrogens is 1. The molecule has 10 heteroatoms. The SMILES string of the molecule is COCCn1nnnc1[C@@H](c1cc2cc3c(cc2[nH]c1=O)OCO3)N1CCC(Cc2ccccc2)CC1. The zero-order valence-electron chi connectivity index (χ0n) is 20.8. The number of piperidine rings is 1. The third kappa shape index (κ3) is 4.82. The highest BCUT2D eigenvalue weighted by molar-refractivity contribution is 5.83. The normalized spacial score (nSPS) is 16.9. The van der Waals surface area contributed by atoms with Crippen LogP contribution in [0.25, 0.3) is 10.9 Å². The summed E-state index contributed by atoms with van der Waals surface area (Å²) < 4.78 is 18.1. The van der Waals surface area contributed by atoms with Crippen molar-refractivity contribution in [2.75, 3.05) is 33.6 Å². The van der Waals surface area contributed by atoms with Gasteiger partial charge in [0, 0.05) is 24.1 Å². The molecule has 1 atom stereocenters. The number of nitrogens with zero attached hydrogens (tertiary/aromatic N) is 5. The van der Waals surface area contributed by atoms with Gasteiger partial charge in [-0.25, -0.2) is 4.68 Å². The number of methoxy groups -OCH3 is 1. The van der Waals surface area contributed by atoms with Gasteiger partial charge in [-0.3, -0.25) is 9.69 Å². The zero-order valence-corrected chi connectivity index (χ0v) is 20.8. The minimum Gasteiger partial charge on any atom is -0.454 e. The lowest BCUT2D eigenvalue weighted by Crippen LogP contribution is -2.41. The van der Waals surface area contributed by atoms with Crippen LogP contribution in [-0.4, -0.2) is 63.7 Å². The Morgan fingerprint density at radius 2 is 1.89 bits per heavy atom. The first kappa shape index (κ1) is 23.6. The van der Waals surface area contributed by atoms with E-state index in [4.69, 9.17) is 14.2 Å². The number of hydrogen-bond donors (Lipinski definition) is 1. The fourth-order valence-corrected chi connectivity index (χ4v) is 5.42. The van der Waals surface area contributed by atoms with Crippen LogP contribution in [0.1, 0.15) is 35.8 Å². The van der Waals surface area contributed by atoms with Gasteiger partial charge in [0.05, 0.1) is 18.7 Å². The maximum Gasteiger partial charge on any atom is 0.253 e. The van der Waals surface area contributed by atoms with E-state index in [0.29, 0.717) is 47.5 Å². The molecule has 2 aliphatic rings. The largest absolute Gasteiger partial charge is 0.454 e. The molecular weight excluding hydrogens is 472 g/mol. The molecule has 4 aromatic rings. The van der Waals surface area contributed by atoms with Crippen molar-refractivity contribution in [1.82, 2.24) is 30.1 Å². The molecule has 0 bridgehead atoms. The second-order valence-electron chi connectivity index (χ2n) is 9.67. The van der Waals surface area contributed by atoms with Crippen molar-refractivity contribution in [3.63, 3.8) is 0 Å². The highest BCUT2D eigenvalue weighted by atomic mass is 16.7. The van der Waals surface area contributed by atoms with Crippen LogP contribution in [-0.2, 0) is 17.7 Å². The molecule has 1 N–H and O–H groups in total. The number of tetrazole rings is 1. The summed E-state index contributed by atoms with van der Waals surface area (Å²) in [6, 6.07) is 15.9. The van der Waals surface area contributed by atoms with E-state index < -0.39 is 0 Å². The second kappa shape index (κ2) is 10.3. The third-order valence-corrected chi connectivity index (χ3v) is 7.35. The van der Waals surface area contributed by atoms with Crippen LogP contribution in [0.4, 0.5) is 0 Å². The van der Waals surface area contributed by atoms with Crippen LogP contribution in [0.3, 0.4) is 0 Å². The minimum absolute atomic E-state index is 0.163.